The van der Waals surface area contributed by atoms with Crippen LogP contribution in [0.25, 0.3) is 0 Å². The van der Waals surface area contributed by atoms with Crippen molar-refractivity contribution in [3.8, 4) is 0 Å². The molecule has 0 radical (unpaired) electrons. The van der Waals surface area contributed by atoms with E-state index in [-0.39, 0.29) is 0 Å². The molecule has 0 unspecified atom stereocenters. The van der Waals surface area contributed by atoms with Crippen molar-refractivity contribution in [2.45, 2.75) is 37.8 Å². The second-order valence-corrected chi connectivity index (χ2v) is 6.41. The first-order valence-corrected chi connectivity index (χ1v) is 8.09. The average molecular weight is 258 g/mol. The van der Waals surface area contributed by atoms with Gasteiger partial charge in [-0.05, 0) is 43.7 Å². The van der Waals surface area contributed by atoms with E-state index in [4.69, 9.17) is 4.74 Å². The van der Waals surface area contributed by atoms with E-state index >= 15 is 0 Å². The van der Waals surface area contributed by atoms with Crippen molar-refractivity contribution < 1.29 is 4.74 Å². The number of hydrogen-bond donors (Lipinski definition) is 1. The van der Waals surface area contributed by atoms with E-state index < -0.39 is 0 Å². The van der Waals surface area contributed by atoms with E-state index in [1.807, 2.05) is 0 Å². The molecule has 0 aromatic rings. The van der Waals surface area contributed by atoms with Crippen LogP contribution in [0.3, 0.4) is 0 Å². The van der Waals surface area contributed by atoms with Crippen molar-refractivity contribution in [2.75, 3.05) is 44.9 Å². The van der Waals surface area contributed by atoms with Gasteiger partial charge in [-0.25, -0.2) is 0 Å². The van der Waals surface area contributed by atoms with Crippen LogP contribution in [0.2, 0.25) is 0 Å². The molecule has 0 saturated carbocycles. The first kappa shape index (κ1) is 13.7. The lowest BCUT2D eigenvalue weighted by Gasteiger charge is -2.36. The summed E-state index contributed by atoms with van der Waals surface area (Å²) in [4.78, 5) is 2.54. The third-order valence-corrected chi connectivity index (χ3v) is 4.86. The highest BCUT2D eigenvalue weighted by molar-refractivity contribution is 7.99. The van der Waals surface area contributed by atoms with Crippen LogP contribution in [-0.4, -0.2) is 61.8 Å². The molecule has 1 N–H and O–H groups in total. The highest BCUT2D eigenvalue weighted by Crippen LogP contribution is 2.19. The molecule has 3 nitrogen and oxygen atoms in total. The summed E-state index contributed by atoms with van der Waals surface area (Å²) in [7, 11) is 1.79. The Morgan fingerprint density at radius 2 is 2.06 bits per heavy atom. The summed E-state index contributed by atoms with van der Waals surface area (Å²) >= 11 is 2.11. The molecule has 0 bridgehead atoms. The van der Waals surface area contributed by atoms with Crippen LogP contribution in [0.1, 0.15) is 25.7 Å². The summed E-state index contributed by atoms with van der Waals surface area (Å²) in [6.45, 7) is 4.43. The predicted octanol–water partition coefficient (Wildman–Crippen LogP) is 1.58. The highest BCUT2D eigenvalue weighted by atomic mass is 32.2. The summed E-state index contributed by atoms with van der Waals surface area (Å²) in [5, 5.41) is 3.87. The molecular formula is C13H26N2OS. The molecule has 0 aromatic heterocycles. The van der Waals surface area contributed by atoms with Crippen molar-refractivity contribution in [3.05, 3.63) is 0 Å². The molecule has 2 aliphatic rings. The van der Waals surface area contributed by atoms with Gasteiger partial charge in [-0.1, -0.05) is 0 Å². The molecule has 4 heteroatoms. The smallest absolute Gasteiger partial charge is 0.0589 e. The van der Waals surface area contributed by atoms with Gasteiger partial charge in [-0.3, -0.25) is 4.90 Å². The lowest BCUT2D eigenvalue weighted by molar-refractivity contribution is 0.119. The normalized spacial score (nSPS) is 28.4. The maximum Gasteiger partial charge on any atom is 0.0589 e. The van der Waals surface area contributed by atoms with Gasteiger partial charge in [0.05, 0.1) is 6.61 Å². The molecule has 2 aliphatic heterocycles. The summed E-state index contributed by atoms with van der Waals surface area (Å²) in [5.41, 5.74) is 0. The summed E-state index contributed by atoms with van der Waals surface area (Å²) in [6.07, 6.45) is 5.41. The zero-order chi connectivity index (χ0) is 11.9. The summed E-state index contributed by atoms with van der Waals surface area (Å²) in [6, 6.07) is 1.50. The quantitative estimate of drug-likeness (QED) is 0.809. The number of nitrogens with one attached hydrogen (secondary N) is 1. The fourth-order valence-corrected chi connectivity index (χ4v) is 3.92. The topological polar surface area (TPSA) is 24.5 Å². The van der Waals surface area contributed by atoms with Crippen LogP contribution < -0.4 is 5.32 Å². The summed E-state index contributed by atoms with van der Waals surface area (Å²) in [5.74, 6) is 2.69. The molecule has 0 aromatic carbocycles. The number of nitrogens with zero attached hydrogens (tertiary/aromatic N) is 1. The molecule has 0 amide bonds. The van der Waals surface area contributed by atoms with E-state index in [9.17, 15) is 0 Å². The van der Waals surface area contributed by atoms with Gasteiger partial charge in [0.25, 0.3) is 0 Å². The third kappa shape index (κ3) is 4.78. The molecule has 100 valence electrons. The first-order valence-electron chi connectivity index (χ1n) is 6.93. The van der Waals surface area contributed by atoms with E-state index in [1.165, 1.54) is 50.3 Å². The zero-order valence-electron chi connectivity index (χ0n) is 11.0. The Bertz CT molecular complexity index is 210. The number of ether oxygens (including phenoxy) is 1. The van der Waals surface area contributed by atoms with Gasteiger partial charge >= 0.3 is 0 Å². The SMILES string of the molecule is COCCN1CCC[C@H](NC2CCSCC2)C1. The van der Waals surface area contributed by atoms with E-state index in [2.05, 4.69) is 22.0 Å². The van der Waals surface area contributed by atoms with Crippen LogP contribution in [0.5, 0.6) is 0 Å². The Morgan fingerprint density at radius 1 is 1.24 bits per heavy atom. The number of methoxy groups -OCH3 is 1. The van der Waals surface area contributed by atoms with E-state index in [0.29, 0.717) is 6.04 Å². The maximum atomic E-state index is 5.16. The van der Waals surface area contributed by atoms with Gasteiger partial charge in [0.15, 0.2) is 0 Å². The van der Waals surface area contributed by atoms with Crippen LogP contribution in [0.4, 0.5) is 0 Å². The lowest BCUT2D eigenvalue weighted by Crippen LogP contribution is -2.50. The number of rotatable bonds is 5. The fourth-order valence-electron chi connectivity index (χ4n) is 2.81. The van der Waals surface area contributed by atoms with Crippen molar-refractivity contribution in [3.63, 3.8) is 0 Å². The minimum Gasteiger partial charge on any atom is -0.383 e. The Labute approximate surface area is 110 Å². The Kier molecular flexibility index (Phi) is 6.12. The molecule has 2 rings (SSSR count). The second kappa shape index (κ2) is 7.62. The molecule has 17 heavy (non-hydrogen) atoms. The molecule has 2 heterocycles. The van der Waals surface area contributed by atoms with Gasteiger partial charge in [0.1, 0.15) is 0 Å². The van der Waals surface area contributed by atoms with Crippen molar-refractivity contribution in [1.29, 1.82) is 0 Å². The Balaban J connectivity index is 1.68. The third-order valence-electron chi connectivity index (χ3n) is 3.81. The van der Waals surface area contributed by atoms with Crippen molar-refractivity contribution in [2.24, 2.45) is 0 Å². The van der Waals surface area contributed by atoms with Crippen LogP contribution in [0.15, 0.2) is 0 Å². The van der Waals surface area contributed by atoms with Crippen molar-refractivity contribution in [1.82, 2.24) is 10.2 Å². The molecule has 2 fully saturated rings. The number of piperidine rings is 1. The first-order chi connectivity index (χ1) is 8.38. The minimum atomic E-state index is 0.716. The monoisotopic (exact) mass is 258 g/mol. The maximum absolute atomic E-state index is 5.16. The average Bonchev–Trinajstić information content (AvgIpc) is 2.38. The number of thioether (sulfide) groups is 1. The Morgan fingerprint density at radius 3 is 2.82 bits per heavy atom. The van der Waals surface area contributed by atoms with Gasteiger partial charge in [-0.2, -0.15) is 11.8 Å². The minimum absolute atomic E-state index is 0.716. The molecular weight excluding hydrogens is 232 g/mol. The molecule has 0 spiro atoms. The van der Waals surface area contributed by atoms with Gasteiger partial charge in [0.2, 0.25) is 0 Å². The summed E-state index contributed by atoms with van der Waals surface area (Å²) < 4.78 is 5.16. The lowest BCUT2D eigenvalue weighted by atomic mass is 10.0. The van der Waals surface area contributed by atoms with E-state index in [0.717, 1.165) is 19.2 Å². The standard InChI is InChI=1S/C13H26N2OS/c1-16-8-7-15-6-2-3-13(11-15)14-12-4-9-17-10-5-12/h12-14H,2-11H2,1H3/t13-/m0/s1. The molecule has 0 aliphatic carbocycles. The molecule has 1 atom stereocenters. The van der Waals surface area contributed by atoms with Gasteiger partial charge in [-0.15, -0.1) is 0 Å². The predicted molar refractivity (Wildman–Crippen MR) is 74.8 cm³/mol. The van der Waals surface area contributed by atoms with Gasteiger partial charge in [0, 0.05) is 32.3 Å². The molecule has 2 saturated heterocycles. The second-order valence-electron chi connectivity index (χ2n) is 5.19. The Hall–Kier alpha value is 0.230. The largest absolute Gasteiger partial charge is 0.383 e. The number of hydrogen-bond acceptors (Lipinski definition) is 4. The van der Waals surface area contributed by atoms with Crippen LogP contribution in [0, 0.1) is 0 Å². The van der Waals surface area contributed by atoms with Crippen LogP contribution >= 0.6 is 11.8 Å². The van der Waals surface area contributed by atoms with Crippen LogP contribution in [-0.2, 0) is 4.74 Å². The number of likely N-dealkylation sites (tertiary alicyclic amines) is 1. The highest BCUT2D eigenvalue weighted by Gasteiger charge is 2.23. The van der Waals surface area contributed by atoms with Gasteiger partial charge < -0.3 is 10.1 Å². The zero-order valence-corrected chi connectivity index (χ0v) is 11.8. The van der Waals surface area contributed by atoms with E-state index in [1.54, 1.807) is 7.11 Å². The fraction of sp³-hybridized carbons (Fsp3) is 1.00. The van der Waals surface area contributed by atoms with Crippen molar-refractivity contribution >= 4 is 11.8 Å².